The second-order valence-corrected chi connectivity index (χ2v) is 5.58. The average molecular weight is 350 g/mol. The van der Waals surface area contributed by atoms with Gasteiger partial charge in [0.15, 0.2) is 0 Å². The van der Waals surface area contributed by atoms with E-state index in [1.165, 1.54) is 6.07 Å². The smallest absolute Gasteiger partial charge is 0.148 e. The fourth-order valence-corrected chi connectivity index (χ4v) is 2.47. The van der Waals surface area contributed by atoms with Gasteiger partial charge >= 0.3 is 0 Å². The van der Waals surface area contributed by atoms with Gasteiger partial charge in [-0.3, -0.25) is 0 Å². The van der Waals surface area contributed by atoms with Crippen molar-refractivity contribution in [3.8, 4) is 0 Å². The fourth-order valence-electron chi connectivity index (χ4n) is 2.13. The Bertz CT molecular complexity index is 732. The van der Waals surface area contributed by atoms with Crippen molar-refractivity contribution >= 4 is 45.0 Å². The van der Waals surface area contributed by atoms with Crippen molar-refractivity contribution in [2.75, 3.05) is 22.1 Å². The molecule has 108 valence electrons. The van der Waals surface area contributed by atoms with E-state index in [0.29, 0.717) is 21.5 Å². The van der Waals surface area contributed by atoms with E-state index in [2.05, 4.69) is 31.6 Å². The number of nitrogens with two attached hydrogens (primary N) is 2. The van der Waals surface area contributed by atoms with E-state index >= 15 is 0 Å². The highest BCUT2D eigenvalue weighted by Crippen LogP contribution is 2.34. The molecule has 0 saturated heterocycles. The van der Waals surface area contributed by atoms with Crippen LogP contribution in [0, 0.1) is 5.82 Å². The molecule has 6 N–H and O–H groups in total. The molecule has 0 fully saturated rings. The first-order chi connectivity index (χ1) is 10.0. The number of halogens is 2. The standard InChI is InChI=1S/C14H13BrFN5/c15-7-1-2-12(9(16)3-7)21-14-8-4-10(17)11(18)5-13(8)19-6-20-14/h1-6,14,21H,17-18H2,(H,19,20). The minimum absolute atomic E-state index is 0.358. The lowest BCUT2D eigenvalue weighted by atomic mass is 10.1. The summed E-state index contributed by atoms with van der Waals surface area (Å²) in [7, 11) is 0. The SMILES string of the molecule is Nc1cc2c(cc1N)C(Nc1ccc(Br)cc1F)N=CN2. The summed E-state index contributed by atoms with van der Waals surface area (Å²) in [6, 6.07) is 8.28. The molecule has 1 aliphatic heterocycles. The van der Waals surface area contributed by atoms with Gasteiger partial charge in [-0.25, -0.2) is 9.38 Å². The largest absolute Gasteiger partial charge is 0.397 e. The van der Waals surface area contributed by atoms with Gasteiger partial charge in [0.2, 0.25) is 0 Å². The summed E-state index contributed by atoms with van der Waals surface area (Å²) in [5.41, 5.74) is 14.6. The van der Waals surface area contributed by atoms with Gasteiger partial charge in [-0.2, -0.15) is 0 Å². The lowest BCUT2D eigenvalue weighted by Crippen LogP contribution is -2.18. The molecule has 0 aromatic heterocycles. The predicted molar refractivity (Wildman–Crippen MR) is 87.8 cm³/mol. The third kappa shape index (κ3) is 2.64. The van der Waals surface area contributed by atoms with E-state index in [0.717, 1.165) is 11.3 Å². The Balaban J connectivity index is 1.95. The number of rotatable bonds is 2. The van der Waals surface area contributed by atoms with E-state index in [4.69, 9.17) is 11.5 Å². The third-order valence-corrected chi connectivity index (χ3v) is 3.71. The first-order valence-corrected chi connectivity index (χ1v) is 7.02. The van der Waals surface area contributed by atoms with Crippen LogP contribution in [-0.2, 0) is 0 Å². The first-order valence-electron chi connectivity index (χ1n) is 6.23. The zero-order chi connectivity index (χ0) is 15.0. The van der Waals surface area contributed by atoms with Crippen LogP contribution >= 0.6 is 15.9 Å². The minimum Gasteiger partial charge on any atom is -0.397 e. The van der Waals surface area contributed by atoms with Gasteiger partial charge in [0, 0.05) is 15.7 Å². The summed E-state index contributed by atoms with van der Waals surface area (Å²) in [5, 5.41) is 6.05. The molecule has 2 aromatic carbocycles. The van der Waals surface area contributed by atoms with Crippen LogP contribution in [0.25, 0.3) is 0 Å². The summed E-state index contributed by atoms with van der Waals surface area (Å²) in [6.07, 6.45) is 1.12. The van der Waals surface area contributed by atoms with Crippen LogP contribution in [0.4, 0.5) is 27.1 Å². The van der Waals surface area contributed by atoms with Crippen LogP contribution in [0.2, 0.25) is 0 Å². The topological polar surface area (TPSA) is 88.5 Å². The molecule has 3 rings (SSSR count). The zero-order valence-electron chi connectivity index (χ0n) is 10.9. The molecule has 0 aliphatic carbocycles. The van der Waals surface area contributed by atoms with Crippen LogP contribution in [-0.4, -0.2) is 6.34 Å². The van der Waals surface area contributed by atoms with Crippen LogP contribution in [0.3, 0.4) is 0 Å². The first kappa shape index (κ1) is 13.7. The van der Waals surface area contributed by atoms with Gasteiger partial charge in [-0.15, -0.1) is 0 Å². The molecule has 0 saturated carbocycles. The Labute approximate surface area is 129 Å². The Morgan fingerprint density at radius 2 is 1.95 bits per heavy atom. The number of benzene rings is 2. The van der Waals surface area contributed by atoms with E-state index in [1.807, 2.05) is 0 Å². The van der Waals surface area contributed by atoms with E-state index in [-0.39, 0.29) is 5.82 Å². The summed E-state index contributed by atoms with van der Waals surface area (Å²) in [6.45, 7) is 0. The molecule has 7 heteroatoms. The Kier molecular flexibility index (Phi) is 3.42. The normalized spacial score (nSPS) is 16.2. The van der Waals surface area contributed by atoms with Gasteiger partial charge < -0.3 is 22.1 Å². The maximum Gasteiger partial charge on any atom is 0.148 e. The Morgan fingerprint density at radius 3 is 2.71 bits per heavy atom. The fraction of sp³-hybridized carbons (Fsp3) is 0.0714. The molecule has 0 bridgehead atoms. The summed E-state index contributed by atoms with van der Waals surface area (Å²) in [5.74, 6) is -0.358. The van der Waals surface area contributed by atoms with Gasteiger partial charge in [0.1, 0.15) is 12.0 Å². The minimum atomic E-state index is -0.431. The van der Waals surface area contributed by atoms with E-state index in [1.54, 1.807) is 30.6 Å². The number of hydrogen-bond acceptors (Lipinski definition) is 5. The van der Waals surface area contributed by atoms with Crippen molar-refractivity contribution in [1.82, 2.24) is 0 Å². The number of nitrogens with zero attached hydrogens (tertiary/aromatic N) is 1. The van der Waals surface area contributed by atoms with Crippen LogP contribution in [0.15, 0.2) is 39.8 Å². The van der Waals surface area contributed by atoms with Crippen molar-refractivity contribution in [3.63, 3.8) is 0 Å². The van der Waals surface area contributed by atoms with E-state index in [9.17, 15) is 4.39 Å². The molecule has 0 amide bonds. The lowest BCUT2D eigenvalue weighted by Gasteiger charge is -2.24. The number of anilines is 4. The molecule has 1 atom stereocenters. The molecule has 21 heavy (non-hydrogen) atoms. The molecule has 0 spiro atoms. The second kappa shape index (κ2) is 5.25. The van der Waals surface area contributed by atoms with Crippen LogP contribution in [0.1, 0.15) is 11.7 Å². The van der Waals surface area contributed by atoms with Crippen LogP contribution < -0.4 is 22.1 Å². The van der Waals surface area contributed by atoms with Gasteiger partial charge in [0.05, 0.1) is 23.4 Å². The highest BCUT2D eigenvalue weighted by Gasteiger charge is 2.19. The molecule has 0 radical (unpaired) electrons. The van der Waals surface area contributed by atoms with Crippen molar-refractivity contribution < 1.29 is 4.39 Å². The summed E-state index contributed by atoms with van der Waals surface area (Å²) >= 11 is 3.23. The van der Waals surface area contributed by atoms with Crippen molar-refractivity contribution in [3.05, 3.63) is 46.2 Å². The molecule has 1 heterocycles. The van der Waals surface area contributed by atoms with Gasteiger partial charge in [0.25, 0.3) is 0 Å². The van der Waals surface area contributed by atoms with Crippen molar-refractivity contribution in [2.24, 2.45) is 4.99 Å². The maximum absolute atomic E-state index is 13.9. The number of hydrogen-bond donors (Lipinski definition) is 4. The Morgan fingerprint density at radius 1 is 1.19 bits per heavy atom. The number of nitrogen functional groups attached to an aromatic ring is 2. The second-order valence-electron chi connectivity index (χ2n) is 4.66. The molecular formula is C14H13BrFN5. The van der Waals surface area contributed by atoms with Crippen molar-refractivity contribution in [1.29, 1.82) is 0 Å². The van der Waals surface area contributed by atoms with Crippen LogP contribution in [0.5, 0.6) is 0 Å². The highest BCUT2D eigenvalue weighted by molar-refractivity contribution is 9.10. The maximum atomic E-state index is 13.9. The van der Waals surface area contributed by atoms with E-state index < -0.39 is 6.17 Å². The van der Waals surface area contributed by atoms with Crippen molar-refractivity contribution in [2.45, 2.75) is 6.17 Å². The number of aliphatic imine (C=N–C) groups is 1. The highest BCUT2D eigenvalue weighted by atomic mass is 79.9. The molecule has 1 aliphatic rings. The lowest BCUT2D eigenvalue weighted by molar-refractivity contribution is 0.626. The summed E-state index contributed by atoms with van der Waals surface area (Å²) < 4.78 is 14.6. The molecule has 2 aromatic rings. The monoisotopic (exact) mass is 349 g/mol. The summed E-state index contributed by atoms with van der Waals surface area (Å²) in [4.78, 5) is 4.28. The number of fused-ring (bicyclic) bond motifs is 1. The number of nitrogens with one attached hydrogen (secondary N) is 2. The molecular weight excluding hydrogens is 337 g/mol. The van der Waals surface area contributed by atoms with Gasteiger partial charge in [-0.1, -0.05) is 15.9 Å². The molecule has 5 nitrogen and oxygen atoms in total. The average Bonchev–Trinajstić information content (AvgIpc) is 2.44. The molecule has 1 unspecified atom stereocenters. The predicted octanol–water partition coefficient (Wildman–Crippen LogP) is 3.32. The van der Waals surface area contributed by atoms with Gasteiger partial charge in [-0.05, 0) is 30.3 Å². The third-order valence-electron chi connectivity index (χ3n) is 3.22. The zero-order valence-corrected chi connectivity index (χ0v) is 12.5. The Hall–Kier alpha value is -2.28. The quantitative estimate of drug-likeness (QED) is 0.626.